The van der Waals surface area contributed by atoms with Gasteiger partial charge in [0.2, 0.25) is 0 Å². The summed E-state index contributed by atoms with van der Waals surface area (Å²) in [6.07, 6.45) is 5.60. The molecule has 1 aromatic heterocycles. The number of nitrogens with zero attached hydrogens (tertiary/aromatic N) is 3. The smallest absolute Gasteiger partial charge is 0.129 e. The van der Waals surface area contributed by atoms with Gasteiger partial charge in [-0.2, -0.15) is 0 Å². The molecule has 0 aliphatic carbocycles. The van der Waals surface area contributed by atoms with Crippen LogP contribution in [-0.4, -0.2) is 36.4 Å². The van der Waals surface area contributed by atoms with Crippen molar-refractivity contribution in [2.75, 3.05) is 24.5 Å². The van der Waals surface area contributed by atoms with Gasteiger partial charge in [0.15, 0.2) is 0 Å². The molecular formula is C23H30N4O. The van der Waals surface area contributed by atoms with Crippen LogP contribution in [0.3, 0.4) is 0 Å². The number of hydrogen-bond donors (Lipinski definition) is 1. The lowest BCUT2D eigenvalue weighted by Crippen LogP contribution is -2.34. The van der Waals surface area contributed by atoms with Crippen LogP contribution in [0.4, 0.5) is 5.82 Å². The van der Waals surface area contributed by atoms with Gasteiger partial charge in [-0.15, -0.1) is 0 Å². The zero-order chi connectivity index (χ0) is 19.5. The molecule has 4 rings (SSSR count). The molecule has 0 unspecified atom stereocenters. The van der Waals surface area contributed by atoms with Crippen molar-refractivity contribution in [3.8, 4) is 5.75 Å². The minimum absolute atomic E-state index is 0.162. The van der Waals surface area contributed by atoms with E-state index in [4.69, 9.17) is 15.5 Å². The molecule has 5 nitrogen and oxygen atoms in total. The normalized spacial score (nSPS) is 17.0. The minimum Gasteiger partial charge on any atom is -0.491 e. The van der Waals surface area contributed by atoms with Crippen LogP contribution in [0.2, 0.25) is 0 Å². The molecule has 0 amide bonds. The Morgan fingerprint density at radius 3 is 2.75 bits per heavy atom. The highest BCUT2D eigenvalue weighted by Crippen LogP contribution is 2.29. The summed E-state index contributed by atoms with van der Waals surface area (Å²) in [6, 6.07) is 10.6. The third-order valence-electron chi connectivity index (χ3n) is 5.65. The molecule has 148 valence electrons. The van der Waals surface area contributed by atoms with Crippen LogP contribution < -0.4 is 15.4 Å². The highest BCUT2D eigenvalue weighted by molar-refractivity contribution is 6.15. The summed E-state index contributed by atoms with van der Waals surface area (Å²) >= 11 is 0. The first-order valence-electron chi connectivity index (χ1n) is 10.4. The fourth-order valence-corrected chi connectivity index (χ4v) is 4.18. The van der Waals surface area contributed by atoms with Gasteiger partial charge in [-0.25, -0.2) is 4.98 Å². The maximum Gasteiger partial charge on any atom is 0.129 e. The number of aromatic nitrogens is 1. The zero-order valence-corrected chi connectivity index (χ0v) is 16.9. The molecule has 2 aliphatic rings. The topological polar surface area (TPSA) is 63.7 Å². The van der Waals surface area contributed by atoms with E-state index in [9.17, 15) is 0 Å². The van der Waals surface area contributed by atoms with Crippen LogP contribution in [0.1, 0.15) is 49.8 Å². The van der Waals surface area contributed by atoms with Crippen molar-refractivity contribution in [1.82, 2.24) is 4.98 Å². The van der Waals surface area contributed by atoms with Crippen LogP contribution in [0.25, 0.3) is 0 Å². The maximum absolute atomic E-state index is 5.89. The van der Waals surface area contributed by atoms with Crippen LogP contribution in [-0.2, 0) is 6.54 Å². The second-order valence-electron chi connectivity index (χ2n) is 8.06. The SMILES string of the molecule is CC(C)Oc1ccc2c(c1)C(c1ccnc(N3CCC(CCN)CC3)c1)=NC2. The summed E-state index contributed by atoms with van der Waals surface area (Å²) in [5.41, 5.74) is 10.3. The van der Waals surface area contributed by atoms with E-state index in [0.717, 1.165) is 61.4 Å². The van der Waals surface area contributed by atoms with E-state index in [1.165, 1.54) is 24.0 Å². The molecule has 0 atom stereocenters. The van der Waals surface area contributed by atoms with E-state index in [-0.39, 0.29) is 6.10 Å². The fourth-order valence-electron chi connectivity index (χ4n) is 4.18. The Balaban J connectivity index is 1.54. The lowest BCUT2D eigenvalue weighted by Gasteiger charge is -2.32. The van der Waals surface area contributed by atoms with Gasteiger partial charge in [-0.1, -0.05) is 6.07 Å². The Bertz CT molecular complexity index is 853. The zero-order valence-electron chi connectivity index (χ0n) is 16.9. The predicted molar refractivity (Wildman–Crippen MR) is 114 cm³/mol. The Kier molecular flexibility index (Phi) is 5.62. The second kappa shape index (κ2) is 8.31. The maximum atomic E-state index is 5.89. The highest BCUT2D eigenvalue weighted by atomic mass is 16.5. The highest BCUT2D eigenvalue weighted by Gasteiger charge is 2.22. The van der Waals surface area contributed by atoms with Crippen molar-refractivity contribution in [2.45, 2.75) is 45.8 Å². The summed E-state index contributed by atoms with van der Waals surface area (Å²) in [5.74, 6) is 2.71. The molecule has 5 heteroatoms. The number of pyridine rings is 1. The summed E-state index contributed by atoms with van der Waals surface area (Å²) in [6.45, 7) is 7.73. The standard InChI is InChI=1S/C23H30N4O/c1-16(2)28-20-4-3-19-15-26-23(21(19)14-20)18-6-10-25-22(13-18)27-11-7-17(5-9-24)8-12-27/h3-4,6,10,13-14,16-17H,5,7-9,11-12,15,24H2,1-2H3. The van der Waals surface area contributed by atoms with Gasteiger partial charge in [-0.05, 0) is 75.4 Å². The van der Waals surface area contributed by atoms with Crippen molar-refractivity contribution >= 4 is 11.5 Å². The molecule has 0 radical (unpaired) electrons. The predicted octanol–water partition coefficient (Wildman–Crippen LogP) is 3.79. The molecule has 1 fully saturated rings. The van der Waals surface area contributed by atoms with Crippen LogP contribution in [0, 0.1) is 5.92 Å². The summed E-state index contributed by atoms with van der Waals surface area (Å²) in [5, 5.41) is 0. The molecule has 2 aliphatic heterocycles. The number of rotatable bonds is 6. The Labute approximate surface area is 167 Å². The second-order valence-corrected chi connectivity index (χ2v) is 8.06. The Morgan fingerprint density at radius 2 is 2.00 bits per heavy atom. The minimum atomic E-state index is 0.162. The molecular weight excluding hydrogens is 348 g/mol. The van der Waals surface area contributed by atoms with Crippen molar-refractivity contribution < 1.29 is 4.74 Å². The van der Waals surface area contributed by atoms with Crippen LogP contribution in [0.15, 0.2) is 41.5 Å². The third-order valence-corrected chi connectivity index (χ3v) is 5.65. The van der Waals surface area contributed by atoms with E-state index in [1.54, 1.807) is 0 Å². The summed E-state index contributed by atoms with van der Waals surface area (Å²) in [7, 11) is 0. The number of hydrogen-bond acceptors (Lipinski definition) is 5. The third kappa shape index (κ3) is 4.04. The van der Waals surface area contributed by atoms with E-state index in [0.29, 0.717) is 0 Å². The average Bonchev–Trinajstić information content (AvgIpc) is 3.12. The van der Waals surface area contributed by atoms with Gasteiger partial charge in [0, 0.05) is 30.4 Å². The molecule has 2 aromatic rings. The number of ether oxygens (including phenoxy) is 1. The number of anilines is 1. The molecule has 1 saturated heterocycles. The fraction of sp³-hybridized carbons (Fsp3) is 0.478. The molecule has 1 aromatic carbocycles. The van der Waals surface area contributed by atoms with E-state index in [1.807, 2.05) is 26.1 Å². The quantitative estimate of drug-likeness (QED) is 0.831. The van der Waals surface area contributed by atoms with Gasteiger partial charge in [-0.3, -0.25) is 4.99 Å². The molecule has 3 heterocycles. The average molecular weight is 379 g/mol. The largest absolute Gasteiger partial charge is 0.491 e. The van der Waals surface area contributed by atoms with E-state index >= 15 is 0 Å². The number of aliphatic imine (C=N–C) groups is 1. The Morgan fingerprint density at radius 1 is 1.18 bits per heavy atom. The molecule has 0 bridgehead atoms. The van der Waals surface area contributed by atoms with Crippen LogP contribution in [0.5, 0.6) is 5.75 Å². The van der Waals surface area contributed by atoms with E-state index in [2.05, 4.69) is 34.1 Å². The first kappa shape index (κ1) is 18.9. The van der Waals surface area contributed by atoms with Crippen LogP contribution >= 0.6 is 0 Å². The molecule has 2 N–H and O–H groups in total. The molecule has 28 heavy (non-hydrogen) atoms. The van der Waals surface area contributed by atoms with E-state index < -0.39 is 0 Å². The number of fused-ring (bicyclic) bond motifs is 1. The first-order valence-corrected chi connectivity index (χ1v) is 10.4. The van der Waals surface area contributed by atoms with Gasteiger partial charge < -0.3 is 15.4 Å². The van der Waals surface area contributed by atoms with Gasteiger partial charge in [0.05, 0.1) is 18.4 Å². The lowest BCUT2D eigenvalue weighted by atomic mass is 9.93. The van der Waals surface area contributed by atoms with Gasteiger partial charge in [0.25, 0.3) is 0 Å². The molecule has 0 saturated carbocycles. The van der Waals surface area contributed by atoms with Gasteiger partial charge >= 0.3 is 0 Å². The van der Waals surface area contributed by atoms with Crippen molar-refractivity contribution in [2.24, 2.45) is 16.6 Å². The first-order chi connectivity index (χ1) is 13.6. The number of nitrogens with two attached hydrogens (primary N) is 1. The summed E-state index contributed by atoms with van der Waals surface area (Å²) in [4.78, 5) is 11.9. The number of piperidine rings is 1. The lowest BCUT2D eigenvalue weighted by molar-refractivity contribution is 0.242. The van der Waals surface area contributed by atoms with Crippen molar-refractivity contribution in [3.05, 3.63) is 53.2 Å². The van der Waals surface area contributed by atoms with Gasteiger partial charge in [0.1, 0.15) is 11.6 Å². The molecule has 0 spiro atoms. The Hall–Kier alpha value is -2.40. The number of benzene rings is 1. The van der Waals surface area contributed by atoms with Crippen molar-refractivity contribution in [1.29, 1.82) is 0 Å². The summed E-state index contributed by atoms with van der Waals surface area (Å²) < 4.78 is 5.89. The monoisotopic (exact) mass is 378 g/mol. The van der Waals surface area contributed by atoms with Crippen molar-refractivity contribution in [3.63, 3.8) is 0 Å².